The molecule has 3 aromatic rings. The van der Waals surface area contributed by atoms with Crippen LogP contribution in [0.4, 0.5) is 0 Å². The lowest BCUT2D eigenvalue weighted by Gasteiger charge is -2.15. The molecule has 0 aliphatic rings. The Kier molecular flexibility index (Phi) is 4.33. The summed E-state index contributed by atoms with van der Waals surface area (Å²) in [5, 5.41) is 1.08. The van der Waals surface area contributed by atoms with Crippen LogP contribution in [0.25, 0.3) is 5.65 Å². The van der Waals surface area contributed by atoms with Crippen LogP contribution in [-0.4, -0.2) is 29.2 Å². The molecule has 0 fully saturated rings. The third-order valence-corrected chi connectivity index (χ3v) is 5.66. The van der Waals surface area contributed by atoms with Gasteiger partial charge >= 0.3 is 0 Å². The minimum Gasteiger partial charge on any atom is -0.305 e. The molecule has 2 aromatic heterocycles. The van der Waals surface area contributed by atoms with Crippen molar-refractivity contribution < 1.29 is 8.42 Å². The summed E-state index contributed by atoms with van der Waals surface area (Å²) < 4.78 is 28.1. The van der Waals surface area contributed by atoms with Crippen molar-refractivity contribution >= 4 is 38.9 Å². The van der Waals surface area contributed by atoms with E-state index in [9.17, 15) is 8.42 Å². The lowest BCUT2D eigenvalue weighted by atomic mass is 10.4. The zero-order chi connectivity index (χ0) is 16.6. The molecule has 0 unspecified atom stereocenters. The number of halogens is 2. The number of imidazole rings is 1. The molecule has 0 bridgehead atoms. The van der Waals surface area contributed by atoms with Crippen molar-refractivity contribution in [2.45, 2.75) is 11.4 Å². The highest BCUT2D eigenvalue weighted by atomic mass is 35.5. The molecule has 0 aliphatic carbocycles. The quantitative estimate of drug-likeness (QED) is 0.707. The van der Waals surface area contributed by atoms with Crippen molar-refractivity contribution in [3.63, 3.8) is 0 Å². The largest absolute Gasteiger partial charge is 0.305 e. The molecule has 0 atom stereocenters. The van der Waals surface area contributed by atoms with Gasteiger partial charge in [0.2, 0.25) is 10.0 Å². The second-order valence-corrected chi connectivity index (χ2v) is 7.98. The van der Waals surface area contributed by atoms with Gasteiger partial charge in [-0.3, -0.25) is 0 Å². The second kappa shape index (κ2) is 6.13. The van der Waals surface area contributed by atoms with Crippen molar-refractivity contribution in [2.75, 3.05) is 7.05 Å². The second-order valence-electron chi connectivity index (χ2n) is 5.06. The van der Waals surface area contributed by atoms with Crippen molar-refractivity contribution in [3.8, 4) is 0 Å². The summed E-state index contributed by atoms with van der Waals surface area (Å²) in [6, 6.07) is 9.58. The molecule has 2 heterocycles. The van der Waals surface area contributed by atoms with Gasteiger partial charge in [0.05, 0.1) is 22.2 Å². The van der Waals surface area contributed by atoms with E-state index in [-0.39, 0.29) is 11.4 Å². The van der Waals surface area contributed by atoms with Gasteiger partial charge in [0, 0.05) is 24.5 Å². The first-order valence-corrected chi connectivity index (χ1v) is 8.91. The van der Waals surface area contributed by atoms with Gasteiger partial charge in [-0.15, -0.1) is 0 Å². The highest BCUT2D eigenvalue weighted by molar-refractivity contribution is 7.89. The topological polar surface area (TPSA) is 54.7 Å². The molecule has 0 saturated carbocycles. The number of sulfonamides is 1. The van der Waals surface area contributed by atoms with Crippen molar-refractivity contribution in [1.29, 1.82) is 0 Å². The van der Waals surface area contributed by atoms with Gasteiger partial charge < -0.3 is 4.40 Å². The number of hydrogen-bond donors (Lipinski definition) is 0. The first-order valence-electron chi connectivity index (χ1n) is 6.71. The molecular weight excluding hydrogens is 357 g/mol. The number of pyridine rings is 1. The van der Waals surface area contributed by atoms with Crippen molar-refractivity contribution in [2.24, 2.45) is 0 Å². The lowest BCUT2D eigenvalue weighted by Crippen LogP contribution is -2.26. The molecule has 5 nitrogen and oxygen atoms in total. The highest BCUT2D eigenvalue weighted by Crippen LogP contribution is 2.19. The number of aromatic nitrogens is 2. The molecule has 120 valence electrons. The van der Waals surface area contributed by atoms with Gasteiger partial charge in [0.1, 0.15) is 5.65 Å². The number of nitrogens with zero attached hydrogens (tertiary/aromatic N) is 3. The monoisotopic (exact) mass is 369 g/mol. The van der Waals surface area contributed by atoms with Crippen LogP contribution in [0.15, 0.2) is 53.7 Å². The highest BCUT2D eigenvalue weighted by Gasteiger charge is 2.21. The Morgan fingerprint density at radius 2 is 1.70 bits per heavy atom. The third kappa shape index (κ3) is 3.35. The lowest BCUT2D eigenvalue weighted by molar-refractivity contribution is 0.463. The summed E-state index contributed by atoms with van der Waals surface area (Å²) in [5.41, 5.74) is 1.34. The van der Waals surface area contributed by atoms with Gasteiger partial charge in [0.25, 0.3) is 0 Å². The summed E-state index contributed by atoms with van der Waals surface area (Å²) in [6.45, 7) is 0.157. The maximum Gasteiger partial charge on any atom is 0.243 e. The molecule has 0 aliphatic heterocycles. The van der Waals surface area contributed by atoms with Crippen LogP contribution in [0.1, 0.15) is 5.69 Å². The van der Waals surface area contributed by atoms with E-state index in [1.165, 1.54) is 23.5 Å². The van der Waals surface area contributed by atoms with Crippen LogP contribution >= 0.6 is 23.2 Å². The van der Waals surface area contributed by atoms with Crippen LogP contribution < -0.4 is 0 Å². The molecule has 3 rings (SSSR count). The third-order valence-electron chi connectivity index (χ3n) is 3.37. The molecule has 0 N–H and O–H groups in total. The maximum atomic E-state index is 12.5. The minimum absolute atomic E-state index is 0.157. The molecule has 0 saturated heterocycles. The van der Waals surface area contributed by atoms with E-state index >= 15 is 0 Å². The van der Waals surface area contributed by atoms with Gasteiger partial charge in [-0.05, 0) is 36.4 Å². The van der Waals surface area contributed by atoms with Crippen LogP contribution in [0.3, 0.4) is 0 Å². The van der Waals surface area contributed by atoms with Crippen LogP contribution in [-0.2, 0) is 16.6 Å². The average Bonchev–Trinajstić information content (AvgIpc) is 2.89. The molecule has 23 heavy (non-hydrogen) atoms. The molecule has 8 heteroatoms. The van der Waals surface area contributed by atoms with E-state index in [1.807, 2.05) is 0 Å². The van der Waals surface area contributed by atoms with Gasteiger partial charge in [-0.1, -0.05) is 23.2 Å². The first kappa shape index (κ1) is 16.3. The summed E-state index contributed by atoms with van der Waals surface area (Å²) >= 11 is 11.7. The summed E-state index contributed by atoms with van der Waals surface area (Å²) in [4.78, 5) is 4.58. The average molecular weight is 370 g/mol. The van der Waals surface area contributed by atoms with E-state index in [4.69, 9.17) is 23.2 Å². The summed E-state index contributed by atoms with van der Waals surface area (Å²) in [5.74, 6) is 0. The standard InChI is InChI=1S/C15H13Cl2N3O2S/c1-19(23(21,22)14-5-2-11(16)3-6-14)9-13-10-20-8-12(17)4-7-15(20)18-13/h2-8,10H,9H2,1H3. The van der Waals surface area contributed by atoms with Crippen molar-refractivity contribution in [1.82, 2.24) is 13.7 Å². The van der Waals surface area contributed by atoms with Crippen LogP contribution in [0, 0.1) is 0 Å². The Hall–Kier alpha value is -1.60. The van der Waals surface area contributed by atoms with Gasteiger partial charge in [-0.2, -0.15) is 4.31 Å². The fraction of sp³-hybridized carbons (Fsp3) is 0.133. The number of benzene rings is 1. The molecule has 1 aromatic carbocycles. The van der Waals surface area contributed by atoms with Crippen LogP contribution in [0.5, 0.6) is 0 Å². The van der Waals surface area contributed by atoms with E-state index in [0.717, 1.165) is 0 Å². The molecule has 0 amide bonds. The predicted molar refractivity (Wildman–Crippen MR) is 90.3 cm³/mol. The Morgan fingerprint density at radius 1 is 1.04 bits per heavy atom. The maximum absolute atomic E-state index is 12.5. The van der Waals surface area contributed by atoms with E-state index < -0.39 is 10.0 Å². The SMILES string of the molecule is CN(Cc1cn2cc(Cl)ccc2n1)S(=O)(=O)c1ccc(Cl)cc1. The normalized spacial score (nSPS) is 12.2. The fourth-order valence-corrected chi connectivity index (χ4v) is 3.63. The zero-order valence-electron chi connectivity index (χ0n) is 12.1. The van der Waals surface area contributed by atoms with Gasteiger partial charge in [0.15, 0.2) is 0 Å². The Balaban J connectivity index is 1.87. The van der Waals surface area contributed by atoms with E-state index in [1.54, 1.807) is 41.1 Å². The molecular formula is C15H13Cl2N3O2S. The molecule has 0 radical (unpaired) electrons. The minimum atomic E-state index is -3.60. The van der Waals surface area contributed by atoms with E-state index in [2.05, 4.69) is 4.98 Å². The number of hydrogen-bond acceptors (Lipinski definition) is 3. The van der Waals surface area contributed by atoms with E-state index in [0.29, 0.717) is 21.4 Å². The number of rotatable bonds is 4. The Labute approximate surface area is 144 Å². The zero-order valence-corrected chi connectivity index (χ0v) is 14.5. The number of fused-ring (bicyclic) bond motifs is 1. The molecule has 0 spiro atoms. The summed E-state index contributed by atoms with van der Waals surface area (Å²) in [6.07, 6.45) is 3.48. The summed E-state index contributed by atoms with van der Waals surface area (Å²) in [7, 11) is -2.09. The Morgan fingerprint density at radius 3 is 2.39 bits per heavy atom. The first-order chi connectivity index (χ1) is 10.9. The van der Waals surface area contributed by atoms with Crippen molar-refractivity contribution in [3.05, 3.63) is 64.5 Å². The Bertz CT molecular complexity index is 953. The fourth-order valence-electron chi connectivity index (χ4n) is 2.19. The van der Waals surface area contributed by atoms with Gasteiger partial charge in [-0.25, -0.2) is 13.4 Å². The smallest absolute Gasteiger partial charge is 0.243 e. The van der Waals surface area contributed by atoms with Crippen LogP contribution in [0.2, 0.25) is 10.0 Å². The predicted octanol–water partition coefficient (Wildman–Crippen LogP) is 3.46.